The Morgan fingerprint density at radius 3 is 2.73 bits per heavy atom. The number of hydrogen-bond donors (Lipinski definition) is 1. The van der Waals surface area contributed by atoms with Crippen LogP contribution in [0.2, 0.25) is 0 Å². The van der Waals surface area contributed by atoms with Crippen molar-refractivity contribution in [3.8, 4) is 11.5 Å². The third-order valence-electron chi connectivity index (χ3n) is 2.56. The molecule has 1 atom stereocenters. The maximum atomic E-state index is 10.5. The molecule has 0 aliphatic rings. The number of carbonyl (C=O) groups is 1. The molecule has 0 aliphatic carbocycles. The first kappa shape index (κ1) is 11.6. The Balaban J connectivity index is 3.19. The summed E-state index contributed by atoms with van der Waals surface area (Å²) >= 11 is 0. The van der Waals surface area contributed by atoms with Gasteiger partial charge in [-0.1, -0.05) is 13.0 Å². The molecule has 0 fully saturated rings. The summed E-state index contributed by atoms with van der Waals surface area (Å²) < 4.78 is 5.03. The third kappa shape index (κ3) is 2.29. The summed E-state index contributed by atoms with van der Waals surface area (Å²) in [4.78, 5) is 10.5. The van der Waals surface area contributed by atoms with E-state index in [1.165, 1.54) is 7.11 Å². The molecule has 3 heteroatoms. The van der Waals surface area contributed by atoms with Crippen molar-refractivity contribution in [3.05, 3.63) is 23.3 Å². The zero-order chi connectivity index (χ0) is 11.4. The largest absolute Gasteiger partial charge is 0.504 e. The summed E-state index contributed by atoms with van der Waals surface area (Å²) in [6.07, 6.45) is 1.27. The first-order valence-corrected chi connectivity index (χ1v) is 4.91. The number of phenols is 1. The zero-order valence-electron chi connectivity index (χ0n) is 9.28. The Labute approximate surface area is 89.7 Å². The fourth-order valence-corrected chi connectivity index (χ4v) is 1.74. The van der Waals surface area contributed by atoms with E-state index in [0.717, 1.165) is 17.4 Å². The normalized spacial score (nSPS) is 12.2. The van der Waals surface area contributed by atoms with Crippen LogP contribution in [-0.2, 0) is 4.79 Å². The Bertz CT molecular complexity index is 358. The summed E-state index contributed by atoms with van der Waals surface area (Å²) in [5, 5.41) is 9.93. The van der Waals surface area contributed by atoms with Crippen molar-refractivity contribution in [3.63, 3.8) is 0 Å². The Morgan fingerprint density at radius 2 is 2.20 bits per heavy atom. The molecule has 0 bridgehead atoms. The fourth-order valence-electron chi connectivity index (χ4n) is 1.74. The van der Waals surface area contributed by atoms with Crippen LogP contribution < -0.4 is 4.74 Å². The maximum Gasteiger partial charge on any atom is 0.161 e. The number of aromatic hydroxyl groups is 1. The van der Waals surface area contributed by atoms with Gasteiger partial charge in [-0.05, 0) is 24.5 Å². The summed E-state index contributed by atoms with van der Waals surface area (Å²) in [5.41, 5.74) is 1.77. The number of carbonyl (C=O) groups excluding carboxylic acids is 1. The van der Waals surface area contributed by atoms with E-state index in [0.29, 0.717) is 12.2 Å². The summed E-state index contributed by atoms with van der Waals surface area (Å²) in [6.45, 7) is 3.83. The molecule has 82 valence electrons. The average molecular weight is 208 g/mol. The highest BCUT2D eigenvalue weighted by Gasteiger charge is 2.16. The van der Waals surface area contributed by atoms with Gasteiger partial charge in [0.05, 0.1) is 7.11 Å². The molecule has 0 aromatic heterocycles. The van der Waals surface area contributed by atoms with Gasteiger partial charge in [-0.3, -0.25) is 0 Å². The van der Waals surface area contributed by atoms with Crippen molar-refractivity contribution in [2.24, 2.45) is 0 Å². The second kappa shape index (κ2) is 4.82. The van der Waals surface area contributed by atoms with Gasteiger partial charge in [0.1, 0.15) is 6.29 Å². The van der Waals surface area contributed by atoms with Crippen molar-refractivity contribution in [2.75, 3.05) is 7.11 Å². The van der Waals surface area contributed by atoms with E-state index in [1.54, 1.807) is 6.07 Å². The van der Waals surface area contributed by atoms with E-state index in [2.05, 4.69) is 0 Å². The first-order valence-electron chi connectivity index (χ1n) is 4.91. The topological polar surface area (TPSA) is 46.5 Å². The van der Waals surface area contributed by atoms with Crippen LogP contribution in [0.25, 0.3) is 0 Å². The monoisotopic (exact) mass is 208 g/mol. The molecule has 1 N–H and O–H groups in total. The molecule has 1 unspecified atom stereocenters. The molecule has 0 radical (unpaired) electrons. The molecular weight excluding hydrogens is 192 g/mol. The van der Waals surface area contributed by atoms with Crippen LogP contribution in [0.5, 0.6) is 11.5 Å². The number of rotatable bonds is 4. The number of aryl methyl sites for hydroxylation is 1. The summed E-state index contributed by atoms with van der Waals surface area (Å²) in [7, 11) is 1.51. The zero-order valence-corrected chi connectivity index (χ0v) is 9.28. The van der Waals surface area contributed by atoms with Crippen LogP contribution in [-0.4, -0.2) is 18.5 Å². The van der Waals surface area contributed by atoms with Crippen LogP contribution in [0.1, 0.15) is 30.4 Å². The summed E-state index contributed by atoms with van der Waals surface area (Å²) in [5.74, 6) is 0.609. The van der Waals surface area contributed by atoms with Crippen LogP contribution in [0, 0.1) is 6.92 Å². The van der Waals surface area contributed by atoms with Gasteiger partial charge in [-0.15, -0.1) is 0 Å². The van der Waals surface area contributed by atoms with Crippen molar-refractivity contribution >= 4 is 6.29 Å². The highest BCUT2D eigenvalue weighted by atomic mass is 16.5. The van der Waals surface area contributed by atoms with Crippen LogP contribution in [0.3, 0.4) is 0 Å². The third-order valence-corrected chi connectivity index (χ3v) is 2.56. The molecule has 3 nitrogen and oxygen atoms in total. The fraction of sp³-hybridized carbons (Fsp3) is 0.417. The minimum Gasteiger partial charge on any atom is -0.504 e. The average Bonchev–Trinajstić information content (AvgIpc) is 2.18. The Morgan fingerprint density at radius 1 is 1.53 bits per heavy atom. The van der Waals surface area contributed by atoms with Crippen molar-refractivity contribution in [2.45, 2.75) is 26.2 Å². The van der Waals surface area contributed by atoms with Gasteiger partial charge in [-0.2, -0.15) is 0 Å². The van der Waals surface area contributed by atoms with E-state index < -0.39 is 0 Å². The number of ether oxygens (including phenoxy) is 1. The van der Waals surface area contributed by atoms with E-state index in [4.69, 9.17) is 4.74 Å². The van der Waals surface area contributed by atoms with Crippen molar-refractivity contribution in [1.29, 1.82) is 0 Å². The standard InChI is InChI=1S/C12H16O3/c1-8-4-5-10(15-3)12(14)11(8)9(2)6-7-13/h4-5,7,9,14H,6H2,1-3H3. The summed E-state index contributed by atoms with van der Waals surface area (Å²) in [6, 6.07) is 3.61. The van der Waals surface area contributed by atoms with Crippen LogP contribution >= 0.6 is 0 Å². The molecule has 1 aromatic carbocycles. The van der Waals surface area contributed by atoms with Crippen LogP contribution in [0.15, 0.2) is 12.1 Å². The minimum absolute atomic E-state index is 0.0117. The molecule has 1 aromatic rings. The lowest BCUT2D eigenvalue weighted by molar-refractivity contribution is -0.108. The Hall–Kier alpha value is -1.51. The second-order valence-electron chi connectivity index (χ2n) is 3.65. The molecule has 0 spiro atoms. The van der Waals surface area contributed by atoms with Crippen molar-refractivity contribution in [1.82, 2.24) is 0 Å². The minimum atomic E-state index is 0.0117. The molecule has 0 heterocycles. The highest BCUT2D eigenvalue weighted by molar-refractivity contribution is 5.56. The van der Waals surface area contributed by atoms with Gasteiger partial charge < -0.3 is 14.6 Å². The highest BCUT2D eigenvalue weighted by Crippen LogP contribution is 2.37. The van der Waals surface area contributed by atoms with E-state index in [-0.39, 0.29) is 11.7 Å². The second-order valence-corrected chi connectivity index (χ2v) is 3.65. The molecular formula is C12H16O3. The lowest BCUT2D eigenvalue weighted by Gasteiger charge is -2.16. The van der Waals surface area contributed by atoms with E-state index in [1.807, 2.05) is 19.9 Å². The van der Waals surface area contributed by atoms with Crippen LogP contribution in [0.4, 0.5) is 0 Å². The maximum absolute atomic E-state index is 10.5. The van der Waals surface area contributed by atoms with Gasteiger partial charge in [-0.25, -0.2) is 0 Å². The van der Waals surface area contributed by atoms with Crippen molar-refractivity contribution < 1.29 is 14.6 Å². The van der Waals surface area contributed by atoms with Gasteiger partial charge in [0.25, 0.3) is 0 Å². The number of hydrogen-bond acceptors (Lipinski definition) is 3. The van der Waals surface area contributed by atoms with Gasteiger partial charge >= 0.3 is 0 Å². The molecule has 0 saturated carbocycles. The Kier molecular flexibility index (Phi) is 3.72. The predicted octanol–water partition coefficient (Wildman–Crippen LogP) is 2.40. The lowest BCUT2D eigenvalue weighted by Crippen LogP contribution is -1.99. The van der Waals surface area contributed by atoms with Gasteiger partial charge in [0, 0.05) is 12.0 Å². The molecule has 15 heavy (non-hydrogen) atoms. The number of benzene rings is 1. The van der Waals surface area contributed by atoms with Gasteiger partial charge in [0.2, 0.25) is 0 Å². The number of phenolic OH excluding ortho intramolecular Hbond substituents is 1. The SMILES string of the molecule is COc1ccc(C)c(C(C)CC=O)c1O. The van der Waals surface area contributed by atoms with Gasteiger partial charge in [0.15, 0.2) is 11.5 Å². The molecule has 0 amide bonds. The number of methoxy groups -OCH3 is 1. The number of aldehydes is 1. The smallest absolute Gasteiger partial charge is 0.161 e. The lowest BCUT2D eigenvalue weighted by atomic mass is 9.93. The van der Waals surface area contributed by atoms with E-state index in [9.17, 15) is 9.90 Å². The van der Waals surface area contributed by atoms with E-state index >= 15 is 0 Å². The first-order chi connectivity index (χ1) is 7.11. The molecule has 1 rings (SSSR count). The predicted molar refractivity (Wildman–Crippen MR) is 58.5 cm³/mol. The molecule has 0 aliphatic heterocycles. The quantitative estimate of drug-likeness (QED) is 0.773. The molecule has 0 saturated heterocycles.